The molecule has 7 heteroatoms. The molecule has 0 aliphatic carbocycles. The average Bonchev–Trinajstić information content (AvgIpc) is 2.69. The summed E-state index contributed by atoms with van der Waals surface area (Å²) in [6.45, 7) is 3.51. The van der Waals surface area contributed by atoms with Crippen LogP contribution >= 0.6 is 0 Å². The molecule has 1 amide bonds. The lowest BCUT2D eigenvalue weighted by Gasteiger charge is -2.12. The first kappa shape index (κ1) is 19.3. The van der Waals surface area contributed by atoms with Crippen molar-refractivity contribution < 1.29 is 14.3 Å². The lowest BCUT2D eigenvalue weighted by Crippen LogP contribution is -2.31. The molecular formula is C21H22N4O3. The Balaban J connectivity index is 1.63. The number of nitrogens with one attached hydrogen (secondary N) is 1. The highest BCUT2D eigenvalue weighted by molar-refractivity contribution is 5.73. The third kappa shape index (κ3) is 5.26. The summed E-state index contributed by atoms with van der Waals surface area (Å²) in [5, 5.41) is 2.89. The van der Waals surface area contributed by atoms with E-state index in [1.807, 2.05) is 31.2 Å². The number of rotatable bonds is 7. The molecule has 0 radical (unpaired) electrons. The van der Waals surface area contributed by atoms with Crippen molar-refractivity contribution in [2.75, 3.05) is 7.11 Å². The van der Waals surface area contributed by atoms with Crippen LogP contribution in [0, 0.1) is 0 Å². The summed E-state index contributed by atoms with van der Waals surface area (Å²) in [5.74, 6) is 1.03. The van der Waals surface area contributed by atoms with Crippen LogP contribution in [0.5, 0.6) is 17.6 Å². The maximum atomic E-state index is 11.1. The van der Waals surface area contributed by atoms with Crippen LogP contribution in [0.25, 0.3) is 11.1 Å². The molecule has 1 N–H and O–H groups in total. The minimum atomic E-state index is -0.0194. The number of ether oxygens (including phenoxy) is 2. The van der Waals surface area contributed by atoms with E-state index in [1.54, 1.807) is 37.8 Å². The van der Waals surface area contributed by atoms with Crippen molar-refractivity contribution in [3.05, 3.63) is 60.6 Å². The number of carbonyl (C=O) groups excluding carboxylic acids is 1. The Hall–Kier alpha value is -3.48. The number of nitrogens with zero attached hydrogens (tertiary/aromatic N) is 3. The maximum absolute atomic E-state index is 11.1. The van der Waals surface area contributed by atoms with Crippen LogP contribution in [-0.2, 0) is 11.2 Å². The SMILES string of the molecule is COc1ccc(Oc2ncc(-c3ccc(CC(C)NC(C)=O)cc3)cn2)cn1. The third-order valence-electron chi connectivity index (χ3n) is 4.03. The smallest absolute Gasteiger partial charge is 0.321 e. The van der Waals surface area contributed by atoms with E-state index in [1.165, 1.54) is 6.92 Å². The Kier molecular flexibility index (Phi) is 6.16. The van der Waals surface area contributed by atoms with Crippen LogP contribution in [0.4, 0.5) is 0 Å². The zero-order valence-electron chi connectivity index (χ0n) is 16.0. The lowest BCUT2D eigenvalue weighted by atomic mass is 10.0. The monoisotopic (exact) mass is 378 g/mol. The van der Waals surface area contributed by atoms with Crippen LogP contribution in [0.3, 0.4) is 0 Å². The number of aromatic nitrogens is 3. The highest BCUT2D eigenvalue weighted by Crippen LogP contribution is 2.22. The van der Waals surface area contributed by atoms with Gasteiger partial charge in [0, 0.05) is 37.0 Å². The van der Waals surface area contributed by atoms with E-state index in [2.05, 4.69) is 20.3 Å². The molecule has 144 valence electrons. The van der Waals surface area contributed by atoms with Gasteiger partial charge in [-0.25, -0.2) is 15.0 Å². The molecule has 0 saturated carbocycles. The Morgan fingerprint density at radius 1 is 1.00 bits per heavy atom. The molecule has 2 heterocycles. The molecule has 0 saturated heterocycles. The van der Waals surface area contributed by atoms with Crippen LogP contribution in [0.15, 0.2) is 55.0 Å². The molecule has 28 heavy (non-hydrogen) atoms. The van der Waals surface area contributed by atoms with Crippen LogP contribution in [-0.4, -0.2) is 34.0 Å². The van der Waals surface area contributed by atoms with E-state index >= 15 is 0 Å². The third-order valence-corrected chi connectivity index (χ3v) is 4.03. The molecule has 0 aliphatic heterocycles. The Labute approximate surface area is 163 Å². The van der Waals surface area contributed by atoms with Crippen LogP contribution in [0.2, 0.25) is 0 Å². The van der Waals surface area contributed by atoms with E-state index < -0.39 is 0 Å². The summed E-state index contributed by atoms with van der Waals surface area (Å²) >= 11 is 0. The number of pyridine rings is 1. The zero-order valence-corrected chi connectivity index (χ0v) is 16.0. The highest BCUT2D eigenvalue weighted by atomic mass is 16.5. The summed E-state index contributed by atoms with van der Waals surface area (Å²) in [6.07, 6.45) is 5.76. The Morgan fingerprint density at radius 2 is 1.71 bits per heavy atom. The second kappa shape index (κ2) is 8.94. The molecule has 1 atom stereocenters. The summed E-state index contributed by atoms with van der Waals surface area (Å²) in [6, 6.07) is 11.9. The van der Waals surface area contributed by atoms with Gasteiger partial charge in [0.25, 0.3) is 0 Å². The molecule has 1 aromatic carbocycles. The fraction of sp³-hybridized carbons (Fsp3) is 0.238. The van der Waals surface area contributed by atoms with Crippen molar-refractivity contribution >= 4 is 5.91 Å². The summed E-state index contributed by atoms with van der Waals surface area (Å²) in [4.78, 5) is 23.7. The van der Waals surface area contributed by atoms with E-state index in [0.29, 0.717) is 11.6 Å². The molecule has 3 aromatic rings. The minimum absolute atomic E-state index is 0.0194. The first-order chi connectivity index (χ1) is 13.5. The number of amides is 1. The first-order valence-corrected chi connectivity index (χ1v) is 8.90. The molecule has 0 spiro atoms. The maximum Gasteiger partial charge on any atom is 0.321 e. The van der Waals surface area contributed by atoms with Gasteiger partial charge in [-0.15, -0.1) is 0 Å². The van der Waals surface area contributed by atoms with E-state index in [4.69, 9.17) is 9.47 Å². The van der Waals surface area contributed by atoms with Gasteiger partial charge in [0.05, 0.1) is 13.3 Å². The van der Waals surface area contributed by atoms with Crippen molar-refractivity contribution in [2.24, 2.45) is 0 Å². The molecule has 0 bridgehead atoms. The molecule has 1 unspecified atom stereocenters. The van der Waals surface area contributed by atoms with Gasteiger partial charge in [-0.1, -0.05) is 24.3 Å². The molecule has 7 nitrogen and oxygen atoms in total. The van der Waals surface area contributed by atoms with Crippen molar-refractivity contribution in [2.45, 2.75) is 26.3 Å². The van der Waals surface area contributed by atoms with E-state index in [9.17, 15) is 4.79 Å². The second-order valence-electron chi connectivity index (χ2n) is 6.40. The van der Waals surface area contributed by atoms with Crippen molar-refractivity contribution in [1.82, 2.24) is 20.3 Å². The highest BCUT2D eigenvalue weighted by Gasteiger charge is 2.07. The van der Waals surface area contributed by atoms with E-state index in [-0.39, 0.29) is 18.0 Å². The summed E-state index contributed by atoms with van der Waals surface area (Å²) in [7, 11) is 1.56. The fourth-order valence-corrected chi connectivity index (χ4v) is 2.76. The molecular weight excluding hydrogens is 356 g/mol. The van der Waals surface area contributed by atoms with Gasteiger partial charge >= 0.3 is 6.01 Å². The van der Waals surface area contributed by atoms with Gasteiger partial charge in [0.1, 0.15) is 5.75 Å². The predicted molar refractivity (Wildman–Crippen MR) is 105 cm³/mol. The number of hydrogen-bond donors (Lipinski definition) is 1. The largest absolute Gasteiger partial charge is 0.481 e. The molecule has 0 fully saturated rings. The van der Waals surface area contributed by atoms with Crippen molar-refractivity contribution in [3.63, 3.8) is 0 Å². The number of carbonyl (C=O) groups is 1. The summed E-state index contributed by atoms with van der Waals surface area (Å²) in [5.41, 5.74) is 3.05. The minimum Gasteiger partial charge on any atom is -0.481 e. The number of methoxy groups -OCH3 is 1. The molecule has 0 aliphatic rings. The first-order valence-electron chi connectivity index (χ1n) is 8.90. The quantitative estimate of drug-likeness (QED) is 0.678. The Morgan fingerprint density at radius 3 is 2.29 bits per heavy atom. The standard InChI is InChI=1S/C21H22N4O3/c1-14(25-15(2)26)10-16-4-6-17(7-5-16)18-11-23-21(24-12-18)28-19-8-9-20(27-3)22-13-19/h4-9,11-14H,10H2,1-3H3,(H,25,26). The van der Waals surface area contributed by atoms with Gasteiger partial charge in [0.2, 0.25) is 11.8 Å². The Bertz CT molecular complexity index is 910. The normalized spacial score (nSPS) is 11.5. The number of benzene rings is 1. The van der Waals surface area contributed by atoms with Gasteiger partial charge in [-0.05, 0) is 30.5 Å². The lowest BCUT2D eigenvalue weighted by molar-refractivity contribution is -0.119. The van der Waals surface area contributed by atoms with Crippen LogP contribution < -0.4 is 14.8 Å². The average molecular weight is 378 g/mol. The molecule has 3 rings (SSSR count). The van der Waals surface area contributed by atoms with Gasteiger partial charge in [-0.3, -0.25) is 4.79 Å². The van der Waals surface area contributed by atoms with Crippen molar-refractivity contribution in [3.8, 4) is 28.8 Å². The summed E-state index contributed by atoms with van der Waals surface area (Å²) < 4.78 is 10.6. The van der Waals surface area contributed by atoms with Gasteiger partial charge in [-0.2, -0.15) is 0 Å². The predicted octanol–water partition coefficient (Wildman–Crippen LogP) is 3.41. The van der Waals surface area contributed by atoms with E-state index in [0.717, 1.165) is 23.1 Å². The fourth-order valence-electron chi connectivity index (χ4n) is 2.76. The number of hydrogen-bond acceptors (Lipinski definition) is 6. The zero-order chi connectivity index (χ0) is 19.9. The topological polar surface area (TPSA) is 86.2 Å². The van der Waals surface area contributed by atoms with Crippen LogP contribution in [0.1, 0.15) is 19.4 Å². The van der Waals surface area contributed by atoms with Gasteiger partial charge < -0.3 is 14.8 Å². The van der Waals surface area contributed by atoms with Crippen molar-refractivity contribution in [1.29, 1.82) is 0 Å². The van der Waals surface area contributed by atoms with Gasteiger partial charge in [0.15, 0.2) is 0 Å². The molecule has 2 aromatic heterocycles. The second-order valence-corrected chi connectivity index (χ2v) is 6.40.